The molecule has 158 valence electrons. The summed E-state index contributed by atoms with van der Waals surface area (Å²) >= 11 is 6.12. The van der Waals surface area contributed by atoms with E-state index < -0.39 is 5.82 Å². The lowest BCUT2D eigenvalue weighted by molar-refractivity contribution is 0.102. The fourth-order valence-corrected chi connectivity index (χ4v) is 3.46. The van der Waals surface area contributed by atoms with Crippen molar-refractivity contribution in [3.8, 4) is 11.3 Å². The average Bonchev–Trinajstić information content (AvgIpc) is 3.32. The molecule has 31 heavy (non-hydrogen) atoms. The molecule has 2 N–H and O–H groups in total. The number of nitrogens with one attached hydrogen (secondary N) is 2. The number of hydrogen-bond donors (Lipinski definition) is 2. The van der Waals surface area contributed by atoms with Crippen LogP contribution in [0.5, 0.6) is 0 Å². The molecule has 0 saturated carbocycles. The summed E-state index contributed by atoms with van der Waals surface area (Å²) in [5, 5.41) is 14.5. The quantitative estimate of drug-likeness (QED) is 0.451. The summed E-state index contributed by atoms with van der Waals surface area (Å²) in [6.45, 7) is 3.94. The number of halogens is 3. The van der Waals surface area contributed by atoms with Gasteiger partial charge in [-0.2, -0.15) is 10.2 Å². The molecule has 0 unspecified atom stereocenters. The van der Waals surface area contributed by atoms with Crippen LogP contribution < -0.4 is 5.32 Å². The molecule has 9 heteroatoms. The Morgan fingerprint density at radius 2 is 1.81 bits per heavy atom. The molecule has 0 fully saturated rings. The number of hydrogen-bond acceptors (Lipinski definition) is 3. The number of aryl methyl sites for hydroxylation is 1. The Labute approximate surface area is 181 Å². The van der Waals surface area contributed by atoms with Crippen LogP contribution in [0.15, 0.2) is 48.5 Å². The van der Waals surface area contributed by atoms with Crippen LogP contribution in [0.1, 0.15) is 27.4 Å². The zero-order chi connectivity index (χ0) is 22.1. The largest absolute Gasteiger partial charge is 0.318 e. The van der Waals surface area contributed by atoms with Crippen LogP contribution in [-0.4, -0.2) is 25.9 Å². The SMILES string of the molecule is Cc1nn(Cc2ccc(F)cc2Cl)c(C)c1NC(=O)c1cc(-c2ccc(F)cc2)n[nH]1. The molecule has 0 radical (unpaired) electrons. The van der Waals surface area contributed by atoms with Crippen LogP contribution >= 0.6 is 11.6 Å². The van der Waals surface area contributed by atoms with Crippen molar-refractivity contribution in [3.63, 3.8) is 0 Å². The monoisotopic (exact) mass is 441 g/mol. The number of nitrogens with zero attached hydrogens (tertiary/aromatic N) is 3. The second-order valence-corrected chi connectivity index (χ2v) is 7.47. The first-order valence-corrected chi connectivity index (χ1v) is 9.80. The predicted octanol–water partition coefficient (Wildman–Crippen LogP) is 5.12. The Morgan fingerprint density at radius 3 is 2.52 bits per heavy atom. The van der Waals surface area contributed by atoms with Crippen molar-refractivity contribution in [1.29, 1.82) is 0 Å². The van der Waals surface area contributed by atoms with E-state index in [9.17, 15) is 13.6 Å². The van der Waals surface area contributed by atoms with E-state index in [-0.39, 0.29) is 17.4 Å². The molecule has 2 aromatic heterocycles. The summed E-state index contributed by atoms with van der Waals surface area (Å²) in [7, 11) is 0. The maximum Gasteiger partial charge on any atom is 0.273 e. The lowest BCUT2D eigenvalue weighted by Crippen LogP contribution is -2.14. The summed E-state index contributed by atoms with van der Waals surface area (Å²) in [5.41, 5.74) is 4.11. The van der Waals surface area contributed by atoms with E-state index in [2.05, 4.69) is 20.6 Å². The van der Waals surface area contributed by atoms with Gasteiger partial charge in [0.1, 0.15) is 17.3 Å². The van der Waals surface area contributed by atoms with Crippen molar-refractivity contribution in [2.75, 3.05) is 5.32 Å². The van der Waals surface area contributed by atoms with Crippen molar-refractivity contribution in [2.24, 2.45) is 0 Å². The highest BCUT2D eigenvalue weighted by molar-refractivity contribution is 6.31. The summed E-state index contributed by atoms with van der Waals surface area (Å²) in [4.78, 5) is 12.7. The molecule has 6 nitrogen and oxygen atoms in total. The van der Waals surface area contributed by atoms with Crippen LogP contribution in [0.3, 0.4) is 0 Å². The van der Waals surface area contributed by atoms with Gasteiger partial charge in [-0.25, -0.2) is 8.78 Å². The highest BCUT2D eigenvalue weighted by atomic mass is 35.5. The number of aromatic nitrogens is 4. The molecule has 1 amide bonds. The van der Waals surface area contributed by atoms with Gasteiger partial charge in [0.05, 0.1) is 29.3 Å². The van der Waals surface area contributed by atoms with Gasteiger partial charge in [-0.05, 0) is 61.9 Å². The second kappa shape index (κ2) is 8.31. The third-order valence-electron chi connectivity index (χ3n) is 4.92. The maximum atomic E-state index is 13.3. The van der Waals surface area contributed by atoms with E-state index in [1.807, 2.05) is 6.92 Å². The molecule has 4 rings (SSSR count). The van der Waals surface area contributed by atoms with Crippen molar-refractivity contribution in [2.45, 2.75) is 20.4 Å². The highest BCUT2D eigenvalue weighted by Crippen LogP contribution is 2.24. The van der Waals surface area contributed by atoms with Crippen LogP contribution in [0.2, 0.25) is 5.02 Å². The van der Waals surface area contributed by atoms with Gasteiger partial charge in [0.25, 0.3) is 5.91 Å². The molecule has 0 aliphatic carbocycles. The normalized spacial score (nSPS) is 11.0. The molecule has 0 aliphatic heterocycles. The molecule has 0 saturated heterocycles. The highest BCUT2D eigenvalue weighted by Gasteiger charge is 2.18. The molecule has 0 spiro atoms. The number of H-pyrrole nitrogens is 1. The molecule has 0 bridgehead atoms. The van der Waals surface area contributed by atoms with E-state index in [1.165, 1.54) is 24.3 Å². The van der Waals surface area contributed by atoms with Crippen LogP contribution in [0.25, 0.3) is 11.3 Å². The van der Waals surface area contributed by atoms with Crippen molar-refractivity contribution in [3.05, 3.63) is 87.8 Å². The van der Waals surface area contributed by atoms with Gasteiger partial charge in [-0.15, -0.1) is 0 Å². The minimum Gasteiger partial charge on any atom is -0.318 e. The van der Waals surface area contributed by atoms with Crippen molar-refractivity contribution in [1.82, 2.24) is 20.0 Å². The number of carbonyl (C=O) groups excluding carboxylic acids is 1. The van der Waals surface area contributed by atoms with Crippen molar-refractivity contribution < 1.29 is 13.6 Å². The van der Waals surface area contributed by atoms with E-state index >= 15 is 0 Å². The number of anilines is 1. The van der Waals surface area contributed by atoms with E-state index in [0.29, 0.717) is 39.8 Å². The fourth-order valence-electron chi connectivity index (χ4n) is 3.23. The van der Waals surface area contributed by atoms with Gasteiger partial charge in [-0.1, -0.05) is 17.7 Å². The van der Waals surface area contributed by atoms with Gasteiger partial charge in [-0.3, -0.25) is 14.6 Å². The summed E-state index contributed by atoms with van der Waals surface area (Å²) in [6.07, 6.45) is 0. The van der Waals surface area contributed by atoms with E-state index in [4.69, 9.17) is 11.6 Å². The third kappa shape index (κ3) is 4.34. The van der Waals surface area contributed by atoms with E-state index in [0.717, 1.165) is 5.69 Å². The topological polar surface area (TPSA) is 75.6 Å². The lowest BCUT2D eigenvalue weighted by atomic mass is 10.1. The zero-order valence-electron chi connectivity index (χ0n) is 16.7. The maximum absolute atomic E-state index is 13.3. The van der Waals surface area contributed by atoms with Crippen LogP contribution in [-0.2, 0) is 6.54 Å². The molecule has 2 aromatic carbocycles. The number of benzene rings is 2. The summed E-state index contributed by atoms with van der Waals surface area (Å²) in [6, 6.07) is 11.6. The lowest BCUT2D eigenvalue weighted by Gasteiger charge is -2.08. The second-order valence-electron chi connectivity index (χ2n) is 7.07. The first-order valence-electron chi connectivity index (χ1n) is 9.42. The Bertz CT molecular complexity index is 1260. The summed E-state index contributed by atoms with van der Waals surface area (Å²) in [5.74, 6) is -1.14. The fraction of sp³-hybridized carbons (Fsp3) is 0.136. The Kier molecular flexibility index (Phi) is 5.56. The van der Waals surface area contributed by atoms with Gasteiger partial charge in [0.15, 0.2) is 0 Å². The van der Waals surface area contributed by atoms with Crippen molar-refractivity contribution >= 4 is 23.2 Å². The zero-order valence-corrected chi connectivity index (χ0v) is 17.5. The van der Waals surface area contributed by atoms with E-state index in [1.54, 1.807) is 35.9 Å². The van der Waals surface area contributed by atoms with Gasteiger partial charge in [0, 0.05) is 10.6 Å². The smallest absolute Gasteiger partial charge is 0.273 e. The van der Waals surface area contributed by atoms with Gasteiger partial charge in [0.2, 0.25) is 0 Å². The molecular formula is C22H18ClF2N5O. The average molecular weight is 442 g/mol. The van der Waals surface area contributed by atoms with Crippen LogP contribution in [0, 0.1) is 25.5 Å². The molecule has 2 heterocycles. The Balaban J connectivity index is 1.53. The standard InChI is InChI=1S/C22H18ClF2N5O/c1-12-21(13(2)30(29-12)11-15-5-8-17(25)9-18(15)23)26-22(31)20-10-19(27-28-20)14-3-6-16(24)7-4-14/h3-10H,11H2,1-2H3,(H,26,31)(H,27,28). The number of carbonyl (C=O) groups is 1. The number of rotatable bonds is 5. The first kappa shape index (κ1) is 20.7. The molecular weight excluding hydrogens is 424 g/mol. The Morgan fingerprint density at radius 1 is 1.10 bits per heavy atom. The third-order valence-corrected chi connectivity index (χ3v) is 5.27. The number of amides is 1. The number of aromatic amines is 1. The minimum atomic E-state index is -0.408. The Hall–Kier alpha value is -3.52. The van der Waals surface area contributed by atoms with Gasteiger partial charge < -0.3 is 5.32 Å². The van der Waals surface area contributed by atoms with Gasteiger partial charge >= 0.3 is 0 Å². The van der Waals surface area contributed by atoms with Crippen LogP contribution in [0.4, 0.5) is 14.5 Å². The molecule has 0 aliphatic rings. The minimum absolute atomic E-state index is 0.257. The first-order chi connectivity index (χ1) is 14.8. The molecule has 0 atom stereocenters. The predicted molar refractivity (Wildman–Crippen MR) is 114 cm³/mol. The molecule has 4 aromatic rings. The summed E-state index contributed by atoms with van der Waals surface area (Å²) < 4.78 is 28.1.